The van der Waals surface area contributed by atoms with Crippen LogP contribution < -0.4 is 10.9 Å². The molecule has 0 aliphatic carbocycles. The molecule has 0 radical (unpaired) electrons. The number of hydrogen-bond acceptors (Lipinski definition) is 4. The molecular formula is C11H14ClN3O2. The summed E-state index contributed by atoms with van der Waals surface area (Å²) in [5.41, 5.74) is 0.0797. The molecule has 17 heavy (non-hydrogen) atoms. The van der Waals surface area contributed by atoms with Crippen molar-refractivity contribution in [2.24, 2.45) is 0 Å². The van der Waals surface area contributed by atoms with Gasteiger partial charge in [0, 0.05) is 13.0 Å². The van der Waals surface area contributed by atoms with Crippen molar-refractivity contribution in [3.8, 4) is 11.8 Å². The van der Waals surface area contributed by atoms with E-state index in [0.29, 0.717) is 18.7 Å². The highest BCUT2D eigenvalue weighted by Gasteiger charge is 2.07. The van der Waals surface area contributed by atoms with Gasteiger partial charge in [0.15, 0.2) is 0 Å². The number of aliphatic hydroxyl groups excluding tert-OH is 1. The highest BCUT2D eigenvalue weighted by molar-refractivity contribution is 6.32. The lowest BCUT2D eigenvalue weighted by atomic mass is 10.4. The summed E-state index contributed by atoms with van der Waals surface area (Å²) in [6, 6.07) is 0. The lowest BCUT2D eigenvalue weighted by Gasteiger charge is -2.08. The molecule has 0 aliphatic rings. The quantitative estimate of drug-likeness (QED) is 0.601. The number of nitrogens with zero attached hydrogens (tertiary/aromatic N) is 2. The largest absolute Gasteiger partial charge is 0.394 e. The lowest BCUT2D eigenvalue weighted by Crippen LogP contribution is -2.25. The second-order valence-corrected chi connectivity index (χ2v) is 3.61. The summed E-state index contributed by atoms with van der Waals surface area (Å²) in [7, 11) is 0. The molecule has 0 bridgehead atoms. The number of anilines is 1. The first-order chi connectivity index (χ1) is 8.20. The van der Waals surface area contributed by atoms with Crippen LogP contribution in [0.5, 0.6) is 0 Å². The molecule has 2 N–H and O–H groups in total. The van der Waals surface area contributed by atoms with E-state index >= 15 is 0 Å². The molecule has 0 spiro atoms. The van der Waals surface area contributed by atoms with Crippen molar-refractivity contribution >= 4 is 17.3 Å². The fourth-order valence-electron chi connectivity index (χ4n) is 1.23. The molecule has 0 atom stereocenters. The zero-order valence-electron chi connectivity index (χ0n) is 9.53. The van der Waals surface area contributed by atoms with Crippen molar-refractivity contribution in [1.82, 2.24) is 9.78 Å². The third kappa shape index (κ3) is 3.77. The predicted octanol–water partition coefficient (Wildman–Crippen LogP) is 0.714. The summed E-state index contributed by atoms with van der Waals surface area (Å²) in [5, 5.41) is 15.7. The smallest absolute Gasteiger partial charge is 0.287 e. The molecule has 5 nitrogen and oxygen atoms in total. The average Bonchev–Trinajstić information content (AvgIpc) is 2.33. The Morgan fingerprint density at radius 3 is 3.06 bits per heavy atom. The number of halogens is 1. The fourth-order valence-corrected chi connectivity index (χ4v) is 1.44. The van der Waals surface area contributed by atoms with Crippen molar-refractivity contribution in [1.29, 1.82) is 0 Å². The zero-order valence-corrected chi connectivity index (χ0v) is 10.3. The summed E-state index contributed by atoms with van der Waals surface area (Å²) in [4.78, 5) is 11.7. The monoisotopic (exact) mass is 255 g/mol. The van der Waals surface area contributed by atoms with Gasteiger partial charge in [0.1, 0.15) is 5.02 Å². The number of aromatic nitrogens is 2. The van der Waals surface area contributed by atoms with Crippen LogP contribution in [0.3, 0.4) is 0 Å². The number of rotatable bonds is 5. The molecule has 6 heteroatoms. The zero-order chi connectivity index (χ0) is 12.7. The van der Waals surface area contributed by atoms with Crippen molar-refractivity contribution in [3.63, 3.8) is 0 Å². The Hall–Kier alpha value is -1.51. The summed E-state index contributed by atoms with van der Waals surface area (Å²) in [6.07, 6.45) is 2.14. The van der Waals surface area contributed by atoms with Gasteiger partial charge in [-0.25, -0.2) is 4.68 Å². The number of aliphatic hydroxyl groups is 1. The predicted molar refractivity (Wildman–Crippen MR) is 67.1 cm³/mol. The van der Waals surface area contributed by atoms with Gasteiger partial charge < -0.3 is 10.4 Å². The molecular weight excluding hydrogens is 242 g/mol. The standard InChI is InChI=1S/C11H14ClN3O2/c1-2-3-4-5-13-9-8-14-15(6-7-16)11(17)10(9)12/h8,13,16H,4-7H2,1H3. The molecule has 92 valence electrons. The highest BCUT2D eigenvalue weighted by Crippen LogP contribution is 2.14. The van der Waals surface area contributed by atoms with Gasteiger partial charge >= 0.3 is 0 Å². The minimum Gasteiger partial charge on any atom is -0.394 e. The van der Waals surface area contributed by atoms with Gasteiger partial charge in [-0.2, -0.15) is 5.10 Å². The maximum Gasteiger partial charge on any atom is 0.287 e. The Bertz CT molecular complexity index is 488. The molecule has 0 unspecified atom stereocenters. The molecule has 0 amide bonds. The Labute approximate surface area is 104 Å². The van der Waals surface area contributed by atoms with Gasteiger partial charge in [0.25, 0.3) is 5.56 Å². The normalized spacial score (nSPS) is 9.59. The molecule has 1 heterocycles. The SMILES string of the molecule is CC#CCCNc1cnn(CCO)c(=O)c1Cl. The van der Waals surface area contributed by atoms with Crippen LogP contribution in [0.15, 0.2) is 11.0 Å². The van der Waals surface area contributed by atoms with Crippen LogP contribution in [-0.2, 0) is 6.54 Å². The summed E-state index contributed by atoms with van der Waals surface area (Å²) >= 11 is 5.89. The summed E-state index contributed by atoms with van der Waals surface area (Å²) in [5.74, 6) is 5.67. The van der Waals surface area contributed by atoms with Crippen LogP contribution in [0.2, 0.25) is 5.02 Å². The van der Waals surface area contributed by atoms with E-state index in [2.05, 4.69) is 22.3 Å². The van der Waals surface area contributed by atoms with Crippen LogP contribution in [0.1, 0.15) is 13.3 Å². The topological polar surface area (TPSA) is 67.2 Å². The first kappa shape index (κ1) is 13.6. The maximum absolute atomic E-state index is 11.7. The molecule has 0 fully saturated rings. The van der Waals surface area contributed by atoms with E-state index in [1.165, 1.54) is 6.20 Å². The van der Waals surface area contributed by atoms with E-state index in [1.54, 1.807) is 6.92 Å². The van der Waals surface area contributed by atoms with Crippen LogP contribution in [0, 0.1) is 11.8 Å². The van der Waals surface area contributed by atoms with Crippen LogP contribution >= 0.6 is 11.6 Å². The second-order valence-electron chi connectivity index (χ2n) is 3.23. The number of nitrogens with one attached hydrogen (secondary N) is 1. The highest BCUT2D eigenvalue weighted by atomic mass is 35.5. The first-order valence-electron chi connectivity index (χ1n) is 5.20. The fraction of sp³-hybridized carbons (Fsp3) is 0.455. The van der Waals surface area contributed by atoms with Gasteiger partial charge in [-0.1, -0.05) is 11.6 Å². The van der Waals surface area contributed by atoms with E-state index in [-0.39, 0.29) is 18.2 Å². The van der Waals surface area contributed by atoms with Gasteiger partial charge in [0.2, 0.25) is 0 Å². The van der Waals surface area contributed by atoms with Crippen LogP contribution in [-0.4, -0.2) is 28.0 Å². The number of hydrogen-bond donors (Lipinski definition) is 2. The first-order valence-corrected chi connectivity index (χ1v) is 5.58. The Kier molecular flexibility index (Phi) is 5.53. The average molecular weight is 256 g/mol. The van der Waals surface area contributed by atoms with Gasteiger partial charge in [-0.05, 0) is 6.92 Å². The van der Waals surface area contributed by atoms with Crippen LogP contribution in [0.4, 0.5) is 5.69 Å². The Morgan fingerprint density at radius 2 is 2.41 bits per heavy atom. The summed E-state index contributed by atoms with van der Waals surface area (Å²) in [6.45, 7) is 2.36. The van der Waals surface area contributed by atoms with Crippen molar-refractivity contribution < 1.29 is 5.11 Å². The molecule has 0 aliphatic heterocycles. The van der Waals surface area contributed by atoms with Crippen molar-refractivity contribution in [2.45, 2.75) is 19.9 Å². The third-order valence-corrected chi connectivity index (χ3v) is 2.40. The Morgan fingerprint density at radius 1 is 1.65 bits per heavy atom. The lowest BCUT2D eigenvalue weighted by molar-refractivity contribution is 0.266. The van der Waals surface area contributed by atoms with Gasteiger partial charge in [0.05, 0.1) is 25.0 Å². The minimum absolute atomic E-state index is 0.0814. The molecule has 0 saturated carbocycles. The molecule has 1 aromatic heterocycles. The maximum atomic E-state index is 11.7. The van der Waals surface area contributed by atoms with E-state index in [0.717, 1.165) is 4.68 Å². The second kappa shape index (κ2) is 6.94. The van der Waals surface area contributed by atoms with Gasteiger partial charge in [-0.15, -0.1) is 11.8 Å². The molecule has 1 rings (SSSR count). The molecule has 1 aromatic rings. The van der Waals surface area contributed by atoms with Crippen molar-refractivity contribution in [3.05, 3.63) is 21.6 Å². The van der Waals surface area contributed by atoms with Crippen LogP contribution in [0.25, 0.3) is 0 Å². The molecule has 0 saturated heterocycles. The van der Waals surface area contributed by atoms with Crippen molar-refractivity contribution in [2.75, 3.05) is 18.5 Å². The molecule has 0 aromatic carbocycles. The van der Waals surface area contributed by atoms with E-state index in [9.17, 15) is 4.79 Å². The summed E-state index contributed by atoms with van der Waals surface area (Å²) < 4.78 is 1.12. The van der Waals surface area contributed by atoms with Gasteiger partial charge in [-0.3, -0.25) is 4.79 Å². The third-order valence-electron chi connectivity index (χ3n) is 2.04. The van der Waals surface area contributed by atoms with E-state index < -0.39 is 5.56 Å². The minimum atomic E-state index is -0.410. The van der Waals surface area contributed by atoms with E-state index in [4.69, 9.17) is 16.7 Å². The van der Waals surface area contributed by atoms with E-state index in [1.807, 2.05) is 0 Å². The Balaban J connectivity index is 2.77.